The van der Waals surface area contributed by atoms with Gasteiger partial charge in [-0.3, -0.25) is 9.78 Å². The second kappa shape index (κ2) is 5.76. The zero-order valence-electron chi connectivity index (χ0n) is 11.6. The van der Waals surface area contributed by atoms with Gasteiger partial charge in [0, 0.05) is 37.5 Å². The van der Waals surface area contributed by atoms with Crippen LogP contribution in [0.1, 0.15) is 18.4 Å². The summed E-state index contributed by atoms with van der Waals surface area (Å²) in [6, 6.07) is 12.1. The van der Waals surface area contributed by atoms with Crippen LogP contribution in [-0.2, 0) is 11.2 Å². The topological polar surface area (TPSA) is 57.0 Å². The Morgan fingerprint density at radius 3 is 3.00 bits per heavy atom. The molecule has 1 aromatic carbocycles. The Hall–Kier alpha value is -2.67. The van der Waals surface area contributed by atoms with Gasteiger partial charge in [0.25, 0.3) is 0 Å². The van der Waals surface area contributed by atoms with Crippen molar-refractivity contribution in [2.24, 2.45) is 0 Å². The van der Waals surface area contributed by atoms with E-state index in [9.17, 15) is 4.79 Å². The molecule has 1 aliphatic heterocycles. The van der Waals surface area contributed by atoms with Gasteiger partial charge in [0.05, 0.1) is 6.07 Å². The van der Waals surface area contributed by atoms with Crippen molar-refractivity contribution < 1.29 is 4.79 Å². The van der Waals surface area contributed by atoms with Gasteiger partial charge in [-0.2, -0.15) is 5.26 Å². The van der Waals surface area contributed by atoms with Gasteiger partial charge in [-0.1, -0.05) is 12.1 Å². The Bertz CT molecular complexity index is 704. The highest BCUT2D eigenvalue weighted by atomic mass is 16.2. The molecule has 0 aliphatic carbocycles. The number of aromatic nitrogens is 1. The number of nitrogens with zero attached hydrogens (tertiary/aromatic N) is 3. The van der Waals surface area contributed by atoms with Crippen LogP contribution in [0.2, 0.25) is 0 Å². The SMILES string of the molecule is N#CCCC(=O)N1CCc2cc(-c3cccnc3)ccc21. The zero-order chi connectivity index (χ0) is 14.7. The highest BCUT2D eigenvalue weighted by molar-refractivity contribution is 5.96. The molecule has 0 N–H and O–H groups in total. The third-order valence-electron chi connectivity index (χ3n) is 3.72. The van der Waals surface area contributed by atoms with E-state index in [4.69, 9.17) is 5.26 Å². The molecule has 21 heavy (non-hydrogen) atoms. The normalized spacial score (nSPS) is 12.8. The number of amides is 1. The fourth-order valence-electron chi connectivity index (χ4n) is 2.67. The molecule has 1 amide bonds. The van der Waals surface area contributed by atoms with E-state index in [1.165, 1.54) is 5.56 Å². The van der Waals surface area contributed by atoms with Crippen LogP contribution in [0.4, 0.5) is 5.69 Å². The number of anilines is 1. The van der Waals surface area contributed by atoms with Crippen molar-refractivity contribution in [1.82, 2.24) is 4.98 Å². The summed E-state index contributed by atoms with van der Waals surface area (Å²) in [5.41, 5.74) is 4.36. The van der Waals surface area contributed by atoms with Crippen molar-refractivity contribution in [2.75, 3.05) is 11.4 Å². The molecular weight excluding hydrogens is 262 g/mol. The number of rotatable bonds is 3. The highest BCUT2D eigenvalue weighted by Crippen LogP contribution is 2.32. The van der Waals surface area contributed by atoms with Crippen LogP contribution < -0.4 is 4.90 Å². The molecule has 4 heteroatoms. The van der Waals surface area contributed by atoms with Crippen molar-refractivity contribution in [2.45, 2.75) is 19.3 Å². The summed E-state index contributed by atoms with van der Waals surface area (Å²) in [5, 5.41) is 8.59. The molecule has 0 saturated heterocycles. The number of pyridine rings is 1. The summed E-state index contributed by atoms with van der Waals surface area (Å²) in [4.78, 5) is 18.0. The highest BCUT2D eigenvalue weighted by Gasteiger charge is 2.24. The molecular formula is C17H15N3O. The van der Waals surface area contributed by atoms with Gasteiger partial charge < -0.3 is 4.90 Å². The Labute approximate surface area is 123 Å². The molecule has 1 aromatic heterocycles. The Morgan fingerprint density at radius 1 is 1.33 bits per heavy atom. The third kappa shape index (κ3) is 2.63. The van der Waals surface area contributed by atoms with Crippen molar-refractivity contribution in [3.63, 3.8) is 0 Å². The summed E-state index contributed by atoms with van der Waals surface area (Å²) in [6.45, 7) is 0.704. The number of carbonyl (C=O) groups excluding carboxylic acids is 1. The average molecular weight is 277 g/mol. The van der Waals surface area contributed by atoms with E-state index in [-0.39, 0.29) is 12.3 Å². The van der Waals surface area contributed by atoms with Crippen molar-refractivity contribution in [3.05, 3.63) is 48.3 Å². The summed E-state index contributed by atoms with van der Waals surface area (Å²) in [6.07, 6.45) is 5.03. The molecule has 3 rings (SSSR count). The standard InChI is InChI=1S/C17H15N3O/c18-8-1-4-17(21)20-10-7-14-11-13(5-6-16(14)20)15-3-2-9-19-12-15/h2-3,5-6,9,11-12H,1,4,7,10H2. The van der Waals surface area contributed by atoms with Crippen molar-refractivity contribution in [1.29, 1.82) is 5.26 Å². The molecule has 0 radical (unpaired) electrons. The molecule has 0 saturated carbocycles. The first kappa shape index (κ1) is 13.3. The fourth-order valence-corrected chi connectivity index (χ4v) is 2.67. The van der Waals surface area contributed by atoms with Crippen LogP contribution in [0, 0.1) is 11.3 Å². The number of benzene rings is 1. The van der Waals surface area contributed by atoms with E-state index in [0.29, 0.717) is 13.0 Å². The fraction of sp³-hybridized carbons (Fsp3) is 0.235. The lowest BCUT2D eigenvalue weighted by molar-refractivity contribution is -0.118. The van der Waals surface area contributed by atoms with E-state index in [1.54, 1.807) is 11.1 Å². The molecule has 2 aromatic rings. The van der Waals surface area contributed by atoms with Crippen LogP contribution in [0.5, 0.6) is 0 Å². The van der Waals surface area contributed by atoms with Gasteiger partial charge in [-0.05, 0) is 41.3 Å². The van der Waals surface area contributed by atoms with E-state index >= 15 is 0 Å². The molecule has 1 aliphatic rings. The van der Waals surface area contributed by atoms with Crippen LogP contribution in [0.15, 0.2) is 42.7 Å². The van der Waals surface area contributed by atoms with Crippen molar-refractivity contribution in [3.8, 4) is 17.2 Å². The molecule has 0 unspecified atom stereocenters. The number of fused-ring (bicyclic) bond motifs is 1. The minimum Gasteiger partial charge on any atom is -0.312 e. The average Bonchev–Trinajstić information content (AvgIpc) is 2.96. The number of nitriles is 1. The van der Waals surface area contributed by atoms with E-state index in [0.717, 1.165) is 23.2 Å². The monoisotopic (exact) mass is 277 g/mol. The molecule has 0 spiro atoms. The lowest BCUT2D eigenvalue weighted by atomic mass is 10.0. The summed E-state index contributed by atoms with van der Waals surface area (Å²) in [5.74, 6) is 0.0319. The number of carbonyl (C=O) groups is 1. The van der Waals surface area contributed by atoms with E-state index < -0.39 is 0 Å². The lowest BCUT2D eigenvalue weighted by Crippen LogP contribution is -2.28. The molecule has 4 nitrogen and oxygen atoms in total. The number of hydrogen-bond donors (Lipinski definition) is 0. The van der Waals surface area contributed by atoms with Gasteiger partial charge in [0.1, 0.15) is 0 Å². The zero-order valence-corrected chi connectivity index (χ0v) is 11.6. The van der Waals surface area contributed by atoms with E-state index in [1.807, 2.05) is 36.5 Å². The predicted molar refractivity (Wildman–Crippen MR) is 80.6 cm³/mol. The maximum Gasteiger partial charge on any atom is 0.228 e. The molecule has 0 atom stereocenters. The summed E-state index contributed by atoms with van der Waals surface area (Å²) in [7, 11) is 0. The van der Waals surface area contributed by atoms with Crippen LogP contribution >= 0.6 is 0 Å². The van der Waals surface area contributed by atoms with Crippen LogP contribution in [-0.4, -0.2) is 17.4 Å². The van der Waals surface area contributed by atoms with Gasteiger partial charge in [-0.25, -0.2) is 0 Å². The maximum atomic E-state index is 12.1. The minimum absolute atomic E-state index is 0.0319. The number of hydrogen-bond acceptors (Lipinski definition) is 3. The first-order valence-corrected chi connectivity index (χ1v) is 7.00. The lowest BCUT2D eigenvalue weighted by Gasteiger charge is -2.17. The second-order valence-electron chi connectivity index (χ2n) is 5.04. The first-order valence-electron chi connectivity index (χ1n) is 7.00. The van der Waals surface area contributed by atoms with Crippen LogP contribution in [0.3, 0.4) is 0 Å². The minimum atomic E-state index is 0.0319. The van der Waals surface area contributed by atoms with Gasteiger partial charge in [0.2, 0.25) is 5.91 Å². The third-order valence-corrected chi connectivity index (χ3v) is 3.72. The quantitative estimate of drug-likeness (QED) is 0.866. The van der Waals surface area contributed by atoms with Crippen molar-refractivity contribution >= 4 is 11.6 Å². The van der Waals surface area contributed by atoms with Gasteiger partial charge in [0.15, 0.2) is 0 Å². The van der Waals surface area contributed by atoms with Gasteiger partial charge >= 0.3 is 0 Å². The maximum absolute atomic E-state index is 12.1. The summed E-state index contributed by atoms with van der Waals surface area (Å²) < 4.78 is 0. The Balaban J connectivity index is 1.86. The molecule has 0 bridgehead atoms. The van der Waals surface area contributed by atoms with Gasteiger partial charge in [-0.15, -0.1) is 0 Å². The summed E-state index contributed by atoms with van der Waals surface area (Å²) >= 11 is 0. The van der Waals surface area contributed by atoms with Crippen LogP contribution in [0.25, 0.3) is 11.1 Å². The Morgan fingerprint density at radius 2 is 2.24 bits per heavy atom. The molecule has 0 fully saturated rings. The largest absolute Gasteiger partial charge is 0.312 e. The Kier molecular flexibility index (Phi) is 3.65. The molecule has 104 valence electrons. The molecule has 2 heterocycles. The van der Waals surface area contributed by atoms with E-state index in [2.05, 4.69) is 11.1 Å². The smallest absolute Gasteiger partial charge is 0.228 e. The second-order valence-corrected chi connectivity index (χ2v) is 5.04. The first-order chi connectivity index (χ1) is 10.3. The predicted octanol–water partition coefficient (Wildman–Crippen LogP) is 2.94.